The third kappa shape index (κ3) is 15.4. The van der Waals surface area contributed by atoms with Crippen LogP contribution in [0, 0.1) is 0 Å². The third-order valence-electron chi connectivity index (χ3n) is 1.07. The Bertz CT molecular complexity index is 230. The van der Waals surface area contributed by atoms with E-state index in [1.165, 1.54) is 0 Å². The van der Waals surface area contributed by atoms with Gasteiger partial charge in [0.25, 0.3) is 5.97 Å². The van der Waals surface area contributed by atoms with Crippen molar-refractivity contribution in [3.63, 3.8) is 0 Å². The van der Waals surface area contributed by atoms with Crippen molar-refractivity contribution in [3.8, 4) is 0 Å². The molecule has 86 valence electrons. The Balaban J connectivity index is 0. The minimum Gasteiger partial charge on any atom is -0.481 e. The van der Waals surface area contributed by atoms with E-state index in [9.17, 15) is 0 Å². The van der Waals surface area contributed by atoms with E-state index in [1.54, 1.807) is 0 Å². The standard InChI is InChI=1S/C7H8O2.C2H4O2.C2H6/c8-9-6-7-4-2-1-3-5-7;1-2(3)4;1-2/h1-5,8H,6H2;1H3,(H,3,4);1-2H3. The fraction of sp³-hybridized carbons (Fsp3) is 0.364. The first-order chi connectivity index (χ1) is 7.16. The maximum absolute atomic E-state index is 9.00. The molecule has 4 nitrogen and oxygen atoms in total. The summed E-state index contributed by atoms with van der Waals surface area (Å²) < 4.78 is 0. The molecule has 1 aromatic carbocycles. The quantitative estimate of drug-likeness (QED) is 0.586. The number of hydrogen-bond donors (Lipinski definition) is 2. The van der Waals surface area contributed by atoms with Gasteiger partial charge in [0.1, 0.15) is 6.61 Å². The molecule has 1 rings (SSSR count). The molecular weight excluding hydrogens is 196 g/mol. The molecule has 0 saturated heterocycles. The number of benzene rings is 1. The predicted molar refractivity (Wildman–Crippen MR) is 58.5 cm³/mol. The Hall–Kier alpha value is -1.39. The van der Waals surface area contributed by atoms with Crippen LogP contribution in [0.15, 0.2) is 30.3 Å². The second kappa shape index (κ2) is 12.6. The van der Waals surface area contributed by atoms with Crippen molar-refractivity contribution in [2.45, 2.75) is 27.4 Å². The summed E-state index contributed by atoms with van der Waals surface area (Å²) >= 11 is 0. The zero-order chi connectivity index (χ0) is 12.1. The molecule has 15 heavy (non-hydrogen) atoms. The second-order valence-electron chi connectivity index (χ2n) is 2.28. The summed E-state index contributed by atoms with van der Waals surface area (Å²) in [6.07, 6.45) is 0. The van der Waals surface area contributed by atoms with Gasteiger partial charge in [-0.15, -0.1) is 0 Å². The molecule has 0 radical (unpaired) electrons. The molecule has 0 fully saturated rings. The van der Waals surface area contributed by atoms with Crippen LogP contribution < -0.4 is 0 Å². The van der Waals surface area contributed by atoms with Gasteiger partial charge in [-0.3, -0.25) is 10.1 Å². The molecule has 0 aliphatic rings. The minimum atomic E-state index is -0.833. The monoisotopic (exact) mass is 214 g/mol. The van der Waals surface area contributed by atoms with E-state index >= 15 is 0 Å². The fourth-order valence-electron chi connectivity index (χ4n) is 0.649. The SMILES string of the molecule is CC.CC(=O)O.OOCc1ccccc1. The van der Waals surface area contributed by atoms with Crippen molar-refractivity contribution >= 4 is 5.97 Å². The smallest absolute Gasteiger partial charge is 0.300 e. The summed E-state index contributed by atoms with van der Waals surface area (Å²) in [5, 5.41) is 15.4. The second-order valence-corrected chi connectivity index (χ2v) is 2.28. The first-order valence-electron chi connectivity index (χ1n) is 4.66. The van der Waals surface area contributed by atoms with E-state index in [0.717, 1.165) is 12.5 Å². The third-order valence-corrected chi connectivity index (χ3v) is 1.07. The lowest BCUT2D eigenvalue weighted by atomic mass is 10.2. The van der Waals surface area contributed by atoms with Crippen molar-refractivity contribution in [1.82, 2.24) is 0 Å². The molecule has 0 unspecified atom stereocenters. The van der Waals surface area contributed by atoms with Gasteiger partial charge in [0.05, 0.1) is 0 Å². The molecule has 0 bridgehead atoms. The summed E-state index contributed by atoms with van der Waals surface area (Å²) in [7, 11) is 0. The van der Waals surface area contributed by atoms with Gasteiger partial charge >= 0.3 is 0 Å². The number of aliphatic carboxylic acids is 1. The summed E-state index contributed by atoms with van der Waals surface area (Å²) in [6.45, 7) is 5.35. The van der Waals surface area contributed by atoms with Gasteiger partial charge in [-0.2, -0.15) is 0 Å². The van der Waals surface area contributed by atoms with E-state index in [2.05, 4.69) is 4.89 Å². The zero-order valence-corrected chi connectivity index (χ0v) is 9.30. The van der Waals surface area contributed by atoms with Gasteiger partial charge in [-0.05, 0) is 5.56 Å². The average molecular weight is 214 g/mol. The van der Waals surface area contributed by atoms with E-state index in [0.29, 0.717) is 0 Å². The van der Waals surface area contributed by atoms with Gasteiger partial charge in [0.15, 0.2) is 0 Å². The van der Waals surface area contributed by atoms with E-state index in [-0.39, 0.29) is 6.61 Å². The highest BCUT2D eigenvalue weighted by molar-refractivity contribution is 5.62. The Morgan fingerprint density at radius 1 is 1.27 bits per heavy atom. The molecule has 1 aromatic rings. The van der Waals surface area contributed by atoms with Crippen LogP contribution in [0.5, 0.6) is 0 Å². The Labute approximate surface area is 90.1 Å². The van der Waals surface area contributed by atoms with E-state index in [1.807, 2.05) is 44.2 Å². The molecule has 2 N–H and O–H groups in total. The van der Waals surface area contributed by atoms with Crippen LogP contribution in [-0.2, 0) is 16.3 Å². The lowest BCUT2D eigenvalue weighted by Gasteiger charge is -1.93. The van der Waals surface area contributed by atoms with Gasteiger partial charge in [0, 0.05) is 6.92 Å². The molecule has 0 saturated carbocycles. The van der Waals surface area contributed by atoms with Crippen LogP contribution in [-0.4, -0.2) is 16.3 Å². The van der Waals surface area contributed by atoms with Gasteiger partial charge in [-0.1, -0.05) is 44.2 Å². The van der Waals surface area contributed by atoms with Crippen LogP contribution in [0.4, 0.5) is 0 Å². The Morgan fingerprint density at radius 2 is 1.67 bits per heavy atom. The highest BCUT2D eigenvalue weighted by atomic mass is 17.1. The number of carboxylic acid groups (broad SMARTS) is 1. The summed E-state index contributed by atoms with van der Waals surface area (Å²) in [5.74, 6) is -0.833. The first-order valence-corrected chi connectivity index (χ1v) is 4.66. The normalized spacial score (nSPS) is 7.73. The number of hydrogen-bond acceptors (Lipinski definition) is 3. The lowest BCUT2D eigenvalue weighted by molar-refractivity contribution is -0.253. The van der Waals surface area contributed by atoms with Crippen LogP contribution in [0.25, 0.3) is 0 Å². The minimum absolute atomic E-state index is 0.265. The predicted octanol–water partition coefficient (Wildman–Crippen LogP) is 2.79. The van der Waals surface area contributed by atoms with Gasteiger partial charge in [-0.25, -0.2) is 4.89 Å². The maximum atomic E-state index is 9.00. The van der Waals surface area contributed by atoms with Gasteiger partial charge in [0.2, 0.25) is 0 Å². The van der Waals surface area contributed by atoms with E-state index < -0.39 is 5.97 Å². The molecule has 4 heteroatoms. The molecule has 0 aliphatic heterocycles. The van der Waals surface area contributed by atoms with E-state index in [4.69, 9.17) is 15.2 Å². The zero-order valence-electron chi connectivity index (χ0n) is 9.30. The fourth-order valence-corrected chi connectivity index (χ4v) is 0.649. The van der Waals surface area contributed by atoms with Crippen molar-refractivity contribution in [3.05, 3.63) is 35.9 Å². The van der Waals surface area contributed by atoms with Crippen molar-refractivity contribution in [2.24, 2.45) is 0 Å². The highest BCUT2D eigenvalue weighted by Gasteiger charge is 1.86. The summed E-state index contributed by atoms with van der Waals surface area (Å²) in [6, 6.07) is 9.48. The Kier molecular flexibility index (Phi) is 13.5. The highest BCUT2D eigenvalue weighted by Crippen LogP contribution is 1.98. The van der Waals surface area contributed by atoms with Crippen LogP contribution in [0.1, 0.15) is 26.3 Å². The maximum Gasteiger partial charge on any atom is 0.300 e. The van der Waals surface area contributed by atoms with Gasteiger partial charge < -0.3 is 5.11 Å². The summed E-state index contributed by atoms with van der Waals surface area (Å²) in [4.78, 5) is 12.9. The number of rotatable bonds is 2. The van der Waals surface area contributed by atoms with Crippen molar-refractivity contribution in [1.29, 1.82) is 0 Å². The lowest BCUT2D eigenvalue weighted by Crippen LogP contribution is -1.84. The molecule has 0 spiro atoms. The molecule has 0 aromatic heterocycles. The molecule has 0 aliphatic carbocycles. The van der Waals surface area contributed by atoms with Crippen molar-refractivity contribution in [2.75, 3.05) is 0 Å². The van der Waals surface area contributed by atoms with Crippen LogP contribution in [0.2, 0.25) is 0 Å². The first kappa shape index (κ1) is 16.1. The molecular formula is C11H18O4. The molecule has 0 heterocycles. The summed E-state index contributed by atoms with van der Waals surface area (Å²) in [5.41, 5.74) is 0.972. The van der Waals surface area contributed by atoms with Crippen LogP contribution >= 0.6 is 0 Å². The molecule has 0 atom stereocenters. The average Bonchev–Trinajstić information content (AvgIpc) is 2.22. The molecule has 0 amide bonds. The van der Waals surface area contributed by atoms with Crippen LogP contribution in [0.3, 0.4) is 0 Å². The number of carboxylic acids is 1. The Morgan fingerprint density at radius 3 is 2.00 bits per heavy atom. The topological polar surface area (TPSA) is 66.8 Å². The largest absolute Gasteiger partial charge is 0.481 e. The van der Waals surface area contributed by atoms with Crippen molar-refractivity contribution < 1.29 is 20.0 Å². The number of carbonyl (C=O) groups is 1.